The lowest BCUT2D eigenvalue weighted by Crippen LogP contribution is -2.14. The zero-order valence-electron chi connectivity index (χ0n) is 18.0. The Morgan fingerprint density at radius 1 is 1.03 bits per heavy atom. The van der Waals surface area contributed by atoms with Gasteiger partial charge in [0.05, 0.1) is 16.7 Å². The van der Waals surface area contributed by atoms with Crippen LogP contribution in [0.4, 0.5) is 11.4 Å². The van der Waals surface area contributed by atoms with Crippen molar-refractivity contribution in [3.05, 3.63) is 105 Å². The van der Waals surface area contributed by atoms with Gasteiger partial charge in [-0.3, -0.25) is 14.9 Å². The zero-order chi connectivity index (χ0) is 24.1. The fourth-order valence-electron chi connectivity index (χ4n) is 2.98. The number of benzene rings is 3. The minimum absolute atomic E-state index is 0.111. The van der Waals surface area contributed by atoms with Gasteiger partial charge in [0.2, 0.25) is 0 Å². The number of carbonyl (C=O) groups excluding carboxylic acids is 1. The number of carbonyl (C=O) groups is 1. The second-order valence-corrected chi connectivity index (χ2v) is 8.23. The Balaban J connectivity index is 1.45. The van der Waals surface area contributed by atoms with Crippen LogP contribution in [0.2, 0.25) is 0 Å². The van der Waals surface area contributed by atoms with Gasteiger partial charge in [0, 0.05) is 22.8 Å². The highest BCUT2D eigenvalue weighted by atomic mass is 79.9. The van der Waals surface area contributed by atoms with Crippen LogP contribution in [0.1, 0.15) is 16.1 Å². The van der Waals surface area contributed by atoms with Gasteiger partial charge >= 0.3 is 0 Å². The number of nitrogens with zero attached hydrogens (tertiary/aromatic N) is 3. The van der Waals surface area contributed by atoms with Crippen LogP contribution in [0.3, 0.4) is 0 Å². The van der Waals surface area contributed by atoms with Gasteiger partial charge in [-0.1, -0.05) is 33.6 Å². The Morgan fingerprint density at radius 2 is 1.74 bits per heavy atom. The van der Waals surface area contributed by atoms with Gasteiger partial charge < -0.3 is 14.8 Å². The van der Waals surface area contributed by atoms with E-state index in [0.29, 0.717) is 11.5 Å². The average Bonchev–Trinajstić information content (AvgIpc) is 3.29. The molecule has 9 nitrogen and oxygen atoms in total. The molecule has 34 heavy (non-hydrogen) atoms. The van der Waals surface area contributed by atoms with Crippen molar-refractivity contribution in [2.24, 2.45) is 0 Å². The second kappa shape index (κ2) is 10.2. The largest absolute Gasteiger partial charge is 0.471 e. The van der Waals surface area contributed by atoms with E-state index in [2.05, 4.69) is 26.3 Å². The summed E-state index contributed by atoms with van der Waals surface area (Å²) >= 11 is 3.36. The number of non-ortho nitro benzene ring substituents is 1. The smallest absolute Gasteiger partial charge is 0.276 e. The summed E-state index contributed by atoms with van der Waals surface area (Å²) in [6.45, 7) is 2.05. The van der Waals surface area contributed by atoms with E-state index in [1.807, 2.05) is 31.2 Å². The molecule has 1 heterocycles. The lowest BCUT2D eigenvalue weighted by Gasteiger charge is -2.09. The van der Waals surface area contributed by atoms with Gasteiger partial charge in [0.1, 0.15) is 17.2 Å². The van der Waals surface area contributed by atoms with E-state index in [0.717, 1.165) is 10.0 Å². The summed E-state index contributed by atoms with van der Waals surface area (Å²) in [4.78, 5) is 23.5. The molecule has 0 bridgehead atoms. The third-order valence-corrected chi connectivity index (χ3v) is 5.20. The normalized spacial score (nSPS) is 10.5. The van der Waals surface area contributed by atoms with E-state index in [9.17, 15) is 14.9 Å². The fourth-order valence-corrected chi connectivity index (χ4v) is 3.25. The minimum Gasteiger partial charge on any atom is -0.471 e. The minimum atomic E-state index is -0.550. The third-order valence-electron chi connectivity index (χ3n) is 4.67. The summed E-state index contributed by atoms with van der Waals surface area (Å²) in [7, 11) is 0. The van der Waals surface area contributed by atoms with Gasteiger partial charge in [-0.2, -0.15) is 5.10 Å². The highest BCUT2D eigenvalue weighted by Gasteiger charge is 2.15. The first-order valence-corrected chi connectivity index (χ1v) is 10.9. The van der Waals surface area contributed by atoms with Crippen molar-refractivity contribution in [3.63, 3.8) is 0 Å². The number of amides is 1. The molecule has 0 unspecified atom stereocenters. The van der Waals surface area contributed by atoms with Crippen molar-refractivity contribution in [1.82, 2.24) is 9.78 Å². The summed E-state index contributed by atoms with van der Waals surface area (Å²) in [6.07, 6.45) is 1.60. The number of nitro groups is 1. The zero-order valence-corrected chi connectivity index (χ0v) is 19.6. The van der Waals surface area contributed by atoms with Crippen LogP contribution < -0.4 is 14.8 Å². The highest BCUT2D eigenvalue weighted by molar-refractivity contribution is 9.10. The Labute approximate surface area is 203 Å². The van der Waals surface area contributed by atoms with Crippen molar-refractivity contribution >= 4 is 33.2 Å². The number of nitro benzene ring substituents is 1. The quantitative estimate of drug-likeness (QED) is 0.226. The molecule has 0 fully saturated rings. The van der Waals surface area contributed by atoms with Crippen LogP contribution in [0.25, 0.3) is 0 Å². The first-order valence-electron chi connectivity index (χ1n) is 10.1. The van der Waals surface area contributed by atoms with E-state index < -0.39 is 10.8 Å². The number of nitrogens with one attached hydrogen (secondary N) is 1. The van der Waals surface area contributed by atoms with E-state index in [1.165, 1.54) is 28.9 Å². The molecule has 0 radical (unpaired) electrons. The van der Waals surface area contributed by atoms with Crippen LogP contribution in [0, 0.1) is 17.0 Å². The molecule has 0 aliphatic heterocycles. The first-order chi connectivity index (χ1) is 16.4. The molecule has 0 aliphatic rings. The number of halogens is 1. The van der Waals surface area contributed by atoms with Gasteiger partial charge in [-0.15, -0.1) is 0 Å². The maximum absolute atomic E-state index is 12.7. The van der Waals surface area contributed by atoms with Crippen LogP contribution in [-0.4, -0.2) is 20.6 Å². The molecule has 0 saturated heterocycles. The van der Waals surface area contributed by atoms with Crippen LogP contribution in [-0.2, 0) is 6.73 Å². The number of ether oxygens (including phenoxy) is 2. The van der Waals surface area contributed by atoms with Crippen LogP contribution in [0.15, 0.2) is 83.5 Å². The molecule has 4 rings (SSSR count). The highest BCUT2D eigenvalue weighted by Crippen LogP contribution is 2.30. The first kappa shape index (κ1) is 23.0. The molecule has 172 valence electrons. The number of anilines is 1. The molecule has 0 atom stereocenters. The molecule has 10 heteroatoms. The van der Waals surface area contributed by atoms with E-state index >= 15 is 0 Å². The molecule has 0 spiro atoms. The van der Waals surface area contributed by atoms with Gasteiger partial charge in [0.25, 0.3) is 11.6 Å². The number of aryl methyl sites for hydroxylation is 1. The molecule has 4 aromatic rings. The van der Waals surface area contributed by atoms with E-state index in [1.54, 1.807) is 30.5 Å². The maximum atomic E-state index is 12.7. The van der Waals surface area contributed by atoms with Crippen molar-refractivity contribution in [1.29, 1.82) is 0 Å². The van der Waals surface area contributed by atoms with Gasteiger partial charge in [-0.25, -0.2) is 4.68 Å². The second-order valence-electron chi connectivity index (χ2n) is 7.31. The summed E-state index contributed by atoms with van der Waals surface area (Å²) in [5, 5.41) is 18.2. The van der Waals surface area contributed by atoms with Crippen molar-refractivity contribution in [2.75, 3.05) is 5.32 Å². The molecule has 1 N–H and O–H groups in total. The SMILES string of the molecule is Cc1ccc(Oc2cc(NC(=O)c3ccn(COc4ccc(Br)cc4)n3)cc([N+](=O)[O-])c2)cc1. The standard InChI is InChI=1S/C24H19BrN4O5/c1-16-2-6-21(7-3-16)34-22-13-18(12-19(14-22)29(31)32)26-24(30)23-10-11-28(27-23)15-33-20-8-4-17(25)5-9-20/h2-14H,15H2,1H3,(H,26,30). The number of aromatic nitrogens is 2. The molecule has 1 amide bonds. The summed E-state index contributed by atoms with van der Waals surface area (Å²) < 4.78 is 13.8. The monoisotopic (exact) mass is 522 g/mol. The molecular formula is C24H19BrN4O5. The lowest BCUT2D eigenvalue weighted by atomic mass is 10.2. The molecular weight excluding hydrogens is 504 g/mol. The van der Waals surface area contributed by atoms with Gasteiger partial charge in [0.15, 0.2) is 12.4 Å². The third kappa shape index (κ3) is 5.99. The fraction of sp³-hybridized carbons (Fsp3) is 0.0833. The van der Waals surface area contributed by atoms with Gasteiger partial charge in [-0.05, 0) is 49.4 Å². The molecule has 0 aliphatic carbocycles. The van der Waals surface area contributed by atoms with Crippen molar-refractivity contribution in [2.45, 2.75) is 13.7 Å². The lowest BCUT2D eigenvalue weighted by molar-refractivity contribution is -0.384. The average molecular weight is 523 g/mol. The number of hydrogen-bond acceptors (Lipinski definition) is 6. The Bertz CT molecular complexity index is 1320. The predicted octanol–water partition coefficient (Wildman–Crippen LogP) is 5.94. The Hall–Kier alpha value is -4.18. The summed E-state index contributed by atoms with van der Waals surface area (Å²) in [6, 6.07) is 20.2. The molecule has 1 aromatic heterocycles. The van der Waals surface area contributed by atoms with Crippen LogP contribution >= 0.6 is 15.9 Å². The van der Waals surface area contributed by atoms with E-state index in [-0.39, 0.29) is 29.5 Å². The Kier molecular flexibility index (Phi) is 6.88. The molecule has 0 saturated carbocycles. The van der Waals surface area contributed by atoms with Crippen molar-refractivity contribution < 1.29 is 19.2 Å². The Morgan fingerprint density at radius 3 is 2.44 bits per heavy atom. The summed E-state index contributed by atoms with van der Waals surface area (Å²) in [5.74, 6) is 0.876. The number of rotatable bonds is 8. The van der Waals surface area contributed by atoms with Crippen LogP contribution in [0.5, 0.6) is 17.2 Å². The summed E-state index contributed by atoms with van der Waals surface area (Å²) in [5.41, 5.74) is 1.18. The van der Waals surface area contributed by atoms with E-state index in [4.69, 9.17) is 9.47 Å². The predicted molar refractivity (Wildman–Crippen MR) is 129 cm³/mol. The van der Waals surface area contributed by atoms with Crippen molar-refractivity contribution in [3.8, 4) is 17.2 Å². The topological polar surface area (TPSA) is 109 Å². The molecule has 3 aromatic carbocycles. The maximum Gasteiger partial charge on any atom is 0.276 e. The number of hydrogen-bond donors (Lipinski definition) is 1.